The third-order valence-electron chi connectivity index (χ3n) is 3.84. The number of phosphoric acid groups is 3. The third kappa shape index (κ3) is 6.29. The molecule has 180 valence electrons. The van der Waals surface area contributed by atoms with Crippen LogP contribution in [0.1, 0.15) is 0 Å². The molecular weight excluding hydrogens is 524 g/mol. The summed E-state index contributed by atoms with van der Waals surface area (Å²) in [5.74, 6) is 0.842. The van der Waals surface area contributed by atoms with E-state index in [2.05, 4.69) is 25.0 Å². The number of phosphoric ester groups is 1. The van der Waals surface area contributed by atoms with Gasteiger partial charge in [-0.05, 0) is 0 Å². The lowest BCUT2D eigenvalue weighted by Gasteiger charge is -2.34. The predicted molar refractivity (Wildman–Crippen MR) is 104 cm³/mol. The van der Waals surface area contributed by atoms with Gasteiger partial charge in [0.2, 0.25) is 0 Å². The van der Waals surface area contributed by atoms with Crippen molar-refractivity contribution in [2.24, 2.45) is 0 Å². The molecule has 0 aromatic heterocycles. The van der Waals surface area contributed by atoms with Gasteiger partial charge < -0.3 is 44.7 Å². The molecule has 7 N–H and O–H groups in total. The number of rotatable bonds is 8. The van der Waals surface area contributed by atoms with Gasteiger partial charge in [-0.3, -0.25) is 4.52 Å². The Morgan fingerprint density at radius 1 is 1.28 bits per heavy atom. The molecule has 0 aromatic carbocycles. The highest BCUT2D eigenvalue weighted by Gasteiger charge is 2.57. The van der Waals surface area contributed by atoms with E-state index in [1.807, 2.05) is 5.92 Å². The Hall–Kier alpha value is -1.05. The van der Waals surface area contributed by atoms with Crippen LogP contribution >= 0.6 is 35.7 Å². The quantitative estimate of drug-likeness (QED) is 0.115. The first-order chi connectivity index (χ1) is 14.4. The highest BCUT2D eigenvalue weighted by Crippen LogP contribution is 2.66. The average Bonchev–Trinajstić information content (AvgIpc) is 2.85. The molecule has 0 saturated carbocycles. The van der Waals surface area contributed by atoms with Gasteiger partial charge in [-0.15, -0.1) is 6.42 Å². The van der Waals surface area contributed by atoms with Crippen LogP contribution < -0.4 is 5.32 Å². The summed E-state index contributed by atoms with van der Waals surface area (Å²) in [5.41, 5.74) is -2.39. The number of halogens is 1. The Morgan fingerprint density at radius 3 is 2.41 bits per heavy atom. The fourth-order valence-electron chi connectivity index (χ4n) is 2.51. The summed E-state index contributed by atoms with van der Waals surface area (Å²) in [6, 6.07) is 0. The number of thiocarbonyl (C=S) groups is 1. The predicted octanol–water partition coefficient (Wildman–Crippen LogP) is -0.706. The van der Waals surface area contributed by atoms with Crippen molar-refractivity contribution < 1.29 is 65.8 Å². The van der Waals surface area contributed by atoms with Crippen molar-refractivity contribution in [1.82, 2.24) is 10.2 Å². The van der Waals surface area contributed by atoms with Crippen LogP contribution in [0.25, 0.3) is 0 Å². The maximum absolute atomic E-state index is 13.8. The molecule has 1 fully saturated rings. The van der Waals surface area contributed by atoms with Gasteiger partial charge in [-0.2, -0.15) is 8.62 Å². The molecule has 2 rings (SSSR count). The van der Waals surface area contributed by atoms with Gasteiger partial charge in [0.15, 0.2) is 17.7 Å². The summed E-state index contributed by atoms with van der Waals surface area (Å²) >= 11 is 4.69. The Labute approximate surface area is 184 Å². The first kappa shape index (κ1) is 27.2. The van der Waals surface area contributed by atoms with Crippen molar-refractivity contribution in [2.45, 2.75) is 24.0 Å². The molecule has 0 amide bonds. The number of hydrogen-bond donors (Lipinski definition) is 7. The van der Waals surface area contributed by atoms with Crippen LogP contribution in [0.4, 0.5) is 4.39 Å². The van der Waals surface area contributed by atoms with Crippen molar-refractivity contribution in [1.29, 1.82) is 0 Å². The minimum atomic E-state index is -5.81. The molecule has 6 unspecified atom stereocenters. The van der Waals surface area contributed by atoms with Crippen LogP contribution in [0.15, 0.2) is 24.4 Å². The second-order valence-electron chi connectivity index (χ2n) is 6.13. The summed E-state index contributed by atoms with van der Waals surface area (Å²) < 4.78 is 64.6. The van der Waals surface area contributed by atoms with Crippen molar-refractivity contribution in [3.05, 3.63) is 24.4 Å². The van der Waals surface area contributed by atoms with Gasteiger partial charge in [0.25, 0.3) is 0 Å². The monoisotopic (exact) mass is 540 g/mol. The number of nitrogens with one attached hydrogen (secondary N) is 1. The molecule has 0 spiro atoms. The lowest BCUT2D eigenvalue weighted by Crippen LogP contribution is -2.47. The maximum atomic E-state index is 13.8. The Bertz CT molecular complexity index is 1030. The molecule has 20 heteroatoms. The van der Waals surface area contributed by atoms with E-state index in [4.69, 9.17) is 38.1 Å². The van der Waals surface area contributed by atoms with Crippen molar-refractivity contribution in [2.75, 3.05) is 6.61 Å². The molecule has 32 heavy (non-hydrogen) atoms. The topological polar surface area (TPSA) is 225 Å². The molecule has 2 aliphatic rings. The lowest BCUT2D eigenvalue weighted by atomic mass is 9.97. The van der Waals surface area contributed by atoms with E-state index < -0.39 is 59.9 Å². The first-order valence-corrected chi connectivity index (χ1v) is 12.8. The SMILES string of the molecule is C#CC1(COP(=O)(O)OP(=O)(O)OP(=O)(O)O)OC(N2C=C(F)C(=S)NC2=C)C(O)C1O. The second-order valence-corrected chi connectivity index (χ2v) is 11.0. The van der Waals surface area contributed by atoms with Crippen LogP contribution in [0.2, 0.25) is 0 Å². The zero-order chi connectivity index (χ0) is 24.7. The van der Waals surface area contributed by atoms with E-state index in [1.54, 1.807) is 0 Å². The van der Waals surface area contributed by atoms with E-state index in [0.717, 1.165) is 11.1 Å². The average molecular weight is 540 g/mol. The minimum absolute atomic E-state index is 0.0895. The Kier molecular flexibility index (Phi) is 7.90. The summed E-state index contributed by atoms with van der Waals surface area (Å²) in [6.07, 6.45) is 0.567. The van der Waals surface area contributed by atoms with Crippen molar-refractivity contribution >= 4 is 40.7 Å². The second kappa shape index (κ2) is 9.30. The molecule has 0 bridgehead atoms. The molecule has 6 atom stereocenters. The number of aliphatic hydroxyl groups is 2. The summed E-state index contributed by atoms with van der Waals surface area (Å²) in [7, 11) is -17.0. The maximum Gasteiger partial charge on any atom is 0.490 e. The minimum Gasteiger partial charge on any atom is -0.386 e. The molecule has 0 aliphatic carbocycles. The summed E-state index contributed by atoms with van der Waals surface area (Å²) in [6.45, 7) is 2.27. The highest BCUT2D eigenvalue weighted by atomic mass is 32.1. The summed E-state index contributed by atoms with van der Waals surface area (Å²) in [4.78, 5) is 36.3. The number of ether oxygens (including phenoxy) is 1. The van der Waals surface area contributed by atoms with Crippen molar-refractivity contribution in [3.8, 4) is 12.3 Å². The van der Waals surface area contributed by atoms with Gasteiger partial charge in [-0.1, -0.05) is 24.7 Å². The van der Waals surface area contributed by atoms with Gasteiger partial charge in [0.1, 0.15) is 29.6 Å². The zero-order valence-electron chi connectivity index (χ0n) is 15.4. The van der Waals surface area contributed by atoms with Crippen molar-refractivity contribution in [3.63, 3.8) is 0 Å². The lowest BCUT2D eigenvalue weighted by molar-refractivity contribution is -0.102. The third-order valence-corrected chi connectivity index (χ3v) is 7.92. The molecule has 15 nitrogen and oxygen atoms in total. The van der Waals surface area contributed by atoms with Crippen LogP contribution in [0.3, 0.4) is 0 Å². The molecule has 2 aliphatic heterocycles. The van der Waals surface area contributed by atoms with E-state index in [-0.39, 0.29) is 10.8 Å². The van der Waals surface area contributed by atoms with Gasteiger partial charge in [0, 0.05) is 6.20 Å². The molecule has 2 heterocycles. The normalized spacial score (nSPS) is 32.5. The van der Waals surface area contributed by atoms with E-state index in [1.165, 1.54) is 0 Å². The van der Waals surface area contributed by atoms with E-state index in [0.29, 0.717) is 0 Å². The summed E-state index contributed by atoms with van der Waals surface area (Å²) in [5, 5.41) is 23.0. The number of terminal acetylenes is 1. The standard InChI is InChI=1S/C12H16FN2O13P3S/c1-3-12(5-25-30(21,22)28-31(23,24)27-29(18,19)20)9(17)8(16)11(26-12)15-4-7(13)10(32)14-6(15)2/h1,4,8-9,11,16-17H,2,5H2,(H,14,32)(H,21,22)(H,23,24)(H2,18,19,20). The Morgan fingerprint density at radius 2 is 1.88 bits per heavy atom. The Balaban J connectivity index is 2.20. The van der Waals surface area contributed by atoms with E-state index >= 15 is 0 Å². The first-order valence-electron chi connectivity index (χ1n) is 7.88. The van der Waals surface area contributed by atoms with Crippen LogP contribution in [0.5, 0.6) is 0 Å². The van der Waals surface area contributed by atoms with Gasteiger partial charge >= 0.3 is 23.5 Å². The molecule has 1 saturated heterocycles. The molecule has 0 aromatic rings. The largest absolute Gasteiger partial charge is 0.490 e. The smallest absolute Gasteiger partial charge is 0.386 e. The number of aliphatic hydroxyl groups excluding tert-OH is 2. The van der Waals surface area contributed by atoms with Gasteiger partial charge in [-0.25, -0.2) is 18.1 Å². The number of nitrogens with zero attached hydrogens (tertiary/aromatic N) is 1. The van der Waals surface area contributed by atoms with Crippen LogP contribution in [-0.4, -0.2) is 70.3 Å². The number of hydrogen-bond acceptors (Lipinski definition) is 11. The fourth-order valence-corrected chi connectivity index (χ4v) is 5.73. The fraction of sp³-hybridized carbons (Fsp3) is 0.417. The van der Waals surface area contributed by atoms with E-state index in [9.17, 15) is 33.2 Å². The molecule has 0 radical (unpaired) electrons. The molecular formula is C12H16FN2O13P3S. The highest BCUT2D eigenvalue weighted by molar-refractivity contribution is 7.80. The van der Waals surface area contributed by atoms with Crippen LogP contribution in [-0.2, 0) is 31.6 Å². The van der Waals surface area contributed by atoms with Gasteiger partial charge in [0.05, 0.1) is 0 Å². The van der Waals surface area contributed by atoms with Crippen LogP contribution in [0, 0.1) is 12.3 Å². The zero-order valence-corrected chi connectivity index (χ0v) is 18.9.